The molecule has 0 amide bonds. The van der Waals surface area contributed by atoms with Crippen molar-refractivity contribution >= 4 is 23.0 Å². The van der Waals surface area contributed by atoms with E-state index in [4.69, 9.17) is 11.6 Å². The van der Waals surface area contributed by atoms with Crippen molar-refractivity contribution in [2.24, 2.45) is 0 Å². The van der Waals surface area contributed by atoms with E-state index in [1.165, 1.54) is 5.56 Å². The van der Waals surface area contributed by atoms with Crippen LogP contribution in [0.2, 0.25) is 0 Å². The molecular formula is C16H15ClN2. The quantitative estimate of drug-likeness (QED) is 0.774. The predicted molar refractivity (Wildman–Crippen MR) is 80.0 cm³/mol. The number of anilines is 2. The SMILES string of the molecule is Cc1ccccc1N(C)c1ccc(CCl)cc1C#N. The van der Waals surface area contributed by atoms with E-state index in [1.807, 2.05) is 48.3 Å². The molecule has 3 heteroatoms. The fourth-order valence-electron chi connectivity index (χ4n) is 2.12. The minimum absolute atomic E-state index is 0.420. The molecule has 0 aromatic heterocycles. The van der Waals surface area contributed by atoms with Crippen molar-refractivity contribution in [1.29, 1.82) is 5.26 Å². The summed E-state index contributed by atoms with van der Waals surface area (Å²) in [6, 6.07) is 16.1. The molecule has 0 fully saturated rings. The highest BCUT2D eigenvalue weighted by atomic mass is 35.5. The van der Waals surface area contributed by atoms with Crippen LogP contribution in [0, 0.1) is 18.3 Å². The van der Waals surface area contributed by atoms with E-state index >= 15 is 0 Å². The van der Waals surface area contributed by atoms with E-state index < -0.39 is 0 Å². The second-order valence-electron chi connectivity index (χ2n) is 4.44. The zero-order valence-corrected chi connectivity index (χ0v) is 11.8. The Morgan fingerprint density at radius 3 is 2.53 bits per heavy atom. The molecule has 2 rings (SSSR count). The first-order valence-corrected chi connectivity index (χ1v) is 6.59. The molecular weight excluding hydrogens is 256 g/mol. The minimum Gasteiger partial charge on any atom is -0.343 e. The van der Waals surface area contributed by atoms with Gasteiger partial charge in [-0.25, -0.2) is 0 Å². The zero-order valence-electron chi connectivity index (χ0n) is 11.0. The largest absolute Gasteiger partial charge is 0.343 e. The lowest BCUT2D eigenvalue weighted by atomic mass is 10.1. The van der Waals surface area contributed by atoms with Gasteiger partial charge in [0.2, 0.25) is 0 Å². The number of hydrogen-bond acceptors (Lipinski definition) is 2. The molecule has 0 aliphatic carbocycles. The number of aryl methyl sites for hydroxylation is 1. The molecule has 0 spiro atoms. The van der Waals surface area contributed by atoms with Crippen molar-refractivity contribution in [2.45, 2.75) is 12.8 Å². The fourth-order valence-corrected chi connectivity index (χ4v) is 2.28. The van der Waals surface area contributed by atoms with Gasteiger partial charge < -0.3 is 4.90 Å². The van der Waals surface area contributed by atoms with Gasteiger partial charge in [-0.15, -0.1) is 11.6 Å². The maximum atomic E-state index is 9.28. The summed E-state index contributed by atoms with van der Waals surface area (Å²) in [7, 11) is 1.97. The van der Waals surface area contributed by atoms with Crippen molar-refractivity contribution in [3.63, 3.8) is 0 Å². The van der Waals surface area contributed by atoms with Gasteiger partial charge in [0.15, 0.2) is 0 Å². The molecule has 0 aliphatic rings. The summed E-state index contributed by atoms with van der Waals surface area (Å²) >= 11 is 5.81. The van der Waals surface area contributed by atoms with Crippen molar-refractivity contribution < 1.29 is 0 Å². The van der Waals surface area contributed by atoms with Gasteiger partial charge in [-0.3, -0.25) is 0 Å². The molecule has 0 unspecified atom stereocenters. The molecule has 19 heavy (non-hydrogen) atoms. The third-order valence-corrected chi connectivity index (χ3v) is 3.48. The molecule has 0 radical (unpaired) electrons. The van der Waals surface area contributed by atoms with Crippen LogP contribution < -0.4 is 4.90 Å². The molecule has 0 atom stereocenters. The highest BCUT2D eigenvalue weighted by molar-refractivity contribution is 6.17. The summed E-state index contributed by atoms with van der Waals surface area (Å²) in [6.07, 6.45) is 0. The number of nitrogens with zero attached hydrogens (tertiary/aromatic N) is 2. The maximum absolute atomic E-state index is 9.28. The van der Waals surface area contributed by atoms with Crippen LogP contribution in [0.4, 0.5) is 11.4 Å². The molecule has 0 bridgehead atoms. The molecule has 0 saturated carbocycles. The van der Waals surface area contributed by atoms with Crippen molar-refractivity contribution in [1.82, 2.24) is 0 Å². The van der Waals surface area contributed by atoms with Crippen molar-refractivity contribution in [2.75, 3.05) is 11.9 Å². The number of hydrogen-bond donors (Lipinski definition) is 0. The van der Waals surface area contributed by atoms with Gasteiger partial charge in [0.05, 0.1) is 11.3 Å². The van der Waals surface area contributed by atoms with Gasteiger partial charge in [-0.1, -0.05) is 24.3 Å². The summed E-state index contributed by atoms with van der Waals surface area (Å²) < 4.78 is 0. The monoisotopic (exact) mass is 270 g/mol. The van der Waals surface area contributed by atoms with Crippen LogP contribution in [0.3, 0.4) is 0 Å². The normalized spacial score (nSPS) is 10.0. The van der Waals surface area contributed by atoms with Gasteiger partial charge in [0, 0.05) is 18.6 Å². The van der Waals surface area contributed by atoms with E-state index in [-0.39, 0.29) is 0 Å². The molecule has 2 aromatic carbocycles. The van der Waals surface area contributed by atoms with Crippen LogP contribution in [0.5, 0.6) is 0 Å². The average Bonchev–Trinajstić information content (AvgIpc) is 2.46. The second kappa shape index (κ2) is 5.77. The smallest absolute Gasteiger partial charge is 0.101 e. The van der Waals surface area contributed by atoms with Crippen LogP contribution in [0.1, 0.15) is 16.7 Å². The number of benzene rings is 2. The zero-order chi connectivity index (χ0) is 13.8. The average molecular weight is 271 g/mol. The van der Waals surface area contributed by atoms with E-state index in [9.17, 15) is 5.26 Å². The van der Waals surface area contributed by atoms with Crippen LogP contribution in [0.15, 0.2) is 42.5 Å². The van der Waals surface area contributed by atoms with E-state index in [1.54, 1.807) is 0 Å². The van der Waals surface area contributed by atoms with Gasteiger partial charge in [0.25, 0.3) is 0 Å². The molecule has 2 nitrogen and oxygen atoms in total. The molecule has 0 aliphatic heterocycles. The Morgan fingerprint density at radius 1 is 1.16 bits per heavy atom. The Kier molecular flexibility index (Phi) is 4.09. The van der Waals surface area contributed by atoms with Crippen LogP contribution in [0.25, 0.3) is 0 Å². The van der Waals surface area contributed by atoms with E-state index in [2.05, 4.69) is 19.1 Å². The Morgan fingerprint density at radius 2 is 1.89 bits per heavy atom. The maximum Gasteiger partial charge on any atom is 0.101 e. The first kappa shape index (κ1) is 13.5. The minimum atomic E-state index is 0.420. The summed E-state index contributed by atoms with van der Waals surface area (Å²) in [5.41, 5.74) is 4.77. The van der Waals surface area contributed by atoms with Gasteiger partial charge in [-0.2, -0.15) is 5.26 Å². The van der Waals surface area contributed by atoms with Gasteiger partial charge >= 0.3 is 0 Å². The topological polar surface area (TPSA) is 27.0 Å². The molecule has 96 valence electrons. The lowest BCUT2D eigenvalue weighted by molar-refractivity contribution is 1.17. The first-order valence-electron chi connectivity index (χ1n) is 6.05. The molecule has 0 heterocycles. The summed E-state index contributed by atoms with van der Waals surface area (Å²) in [4.78, 5) is 2.03. The summed E-state index contributed by atoms with van der Waals surface area (Å²) in [5.74, 6) is 0.420. The first-order chi connectivity index (χ1) is 9.17. The third-order valence-electron chi connectivity index (χ3n) is 3.17. The highest BCUT2D eigenvalue weighted by Crippen LogP contribution is 2.29. The lowest BCUT2D eigenvalue weighted by Gasteiger charge is -2.22. The predicted octanol–water partition coefficient (Wildman–Crippen LogP) is 4.37. The standard InChI is InChI=1S/C16H15ClN2/c1-12-5-3-4-6-15(12)19(2)16-8-7-13(10-17)9-14(16)11-18/h3-9H,10H2,1-2H3. The Hall–Kier alpha value is -1.98. The molecule has 0 N–H and O–H groups in total. The van der Waals surface area contributed by atoms with Crippen LogP contribution in [-0.4, -0.2) is 7.05 Å². The van der Waals surface area contributed by atoms with E-state index in [0.717, 1.165) is 16.9 Å². The highest BCUT2D eigenvalue weighted by Gasteiger charge is 2.11. The molecule has 0 saturated heterocycles. The number of nitriles is 1. The Bertz CT molecular complexity index is 629. The molecule has 2 aromatic rings. The van der Waals surface area contributed by atoms with Gasteiger partial charge in [0.1, 0.15) is 6.07 Å². The number of rotatable bonds is 3. The summed E-state index contributed by atoms with van der Waals surface area (Å²) in [6.45, 7) is 2.06. The second-order valence-corrected chi connectivity index (χ2v) is 4.71. The number of alkyl halides is 1. The van der Waals surface area contributed by atoms with E-state index in [0.29, 0.717) is 11.4 Å². The Balaban J connectivity index is 2.48. The van der Waals surface area contributed by atoms with Gasteiger partial charge in [-0.05, 0) is 36.2 Å². The van der Waals surface area contributed by atoms with Crippen molar-refractivity contribution in [3.05, 3.63) is 59.2 Å². The van der Waals surface area contributed by atoms with Crippen molar-refractivity contribution in [3.8, 4) is 6.07 Å². The Labute approximate surface area is 118 Å². The number of para-hydroxylation sites is 1. The third kappa shape index (κ3) is 2.72. The summed E-state index contributed by atoms with van der Waals surface area (Å²) in [5, 5.41) is 9.28. The van der Waals surface area contributed by atoms with Crippen LogP contribution in [-0.2, 0) is 5.88 Å². The lowest BCUT2D eigenvalue weighted by Crippen LogP contribution is -2.12. The van der Waals surface area contributed by atoms with Crippen LogP contribution >= 0.6 is 11.6 Å². The number of halogens is 1. The fraction of sp³-hybridized carbons (Fsp3) is 0.188.